The van der Waals surface area contributed by atoms with Gasteiger partial charge in [0.05, 0.1) is 0 Å². The van der Waals surface area contributed by atoms with Gasteiger partial charge in [-0.3, -0.25) is 14.4 Å². The van der Waals surface area contributed by atoms with Crippen LogP contribution >= 0.6 is 0 Å². The smallest absolute Gasteiger partial charge is 0.306 e. The van der Waals surface area contributed by atoms with Crippen molar-refractivity contribution in [1.82, 2.24) is 0 Å². The van der Waals surface area contributed by atoms with Gasteiger partial charge in [0.25, 0.3) is 0 Å². The molecule has 0 N–H and O–H groups in total. The van der Waals surface area contributed by atoms with Gasteiger partial charge in [-0.1, -0.05) is 334 Å². The highest BCUT2D eigenvalue weighted by Gasteiger charge is 2.19. The third-order valence-electron chi connectivity index (χ3n) is 15.2. The molecule has 0 aliphatic heterocycles. The van der Waals surface area contributed by atoms with Gasteiger partial charge < -0.3 is 14.2 Å². The van der Waals surface area contributed by atoms with Crippen LogP contribution in [0, 0.1) is 0 Å². The second kappa shape index (κ2) is 63.4. The Labute approximate surface area is 462 Å². The lowest BCUT2D eigenvalue weighted by Crippen LogP contribution is -2.30. The number of carbonyl (C=O) groups excluding carboxylic acids is 3. The molecule has 6 nitrogen and oxygen atoms in total. The first-order valence-electron chi connectivity index (χ1n) is 33.3. The van der Waals surface area contributed by atoms with E-state index in [9.17, 15) is 14.4 Å². The third kappa shape index (κ3) is 60.8. The van der Waals surface area contributed by atoms with E-state index in [0.29, 0.717) is 19.3 Å². The monoisotopic (exact) mass is 1040 g/mol. The van der Waals surface area contributed by atoms with E-state index in [-0.39, 0.29) is 31.1 Å². The number of hydrogen-bond donors (Lipinski definition) is 0. The first-order valence-corrected chi connectivity index (χ1v) is 33.3. The lowest BCUT2D eigenvalue weighted by atomic mass is 10.0. The Hall–Kier alpha value is -2.11. The third-order valence-corrected chi connectivity index (χ3v) is 15.2. The van der Waals surface area contributed by atoms with Crippen LogP contribution in [0.4, 0.5) is 0 Å². The molecule has 0 amide bonds. The van der Waals surface area contributed by atoms with Crippen molar-refractivity contribution in [2.75, 3.05) is 13.2 Å². The van der Waals surface area contributed by atoms with Crippen molar-refractivity contribution in [3.63, 3.8) is 0 Å². The molecular formula is C68H128O6. The fourth-order valence-corrected chi connectivity index (χ4v) is 10.2. The van der Waals surface area contributed by atoms with Crippen LogP contribution in [0.3, 0.4) is 0 Å². The maximum atomic E-state index is 12.9. The highest BCUT2D eigenvalue weighted by Crippen LogP contribution is 2.18. The predicted octanol–water partition coefficient (Wildman–Crippen LogP) is 22.6. The molecule has 0 saturated heterocycles. The van der Waals surface area contributed by atoms with Gasteiger partial charge in [0.2, 0.25) is 0 Å². The summed E-state index contributed by atoms with van der Waals surface area (Å²) in [5.74, 6) is -0.855. The zero-order valence-corrected chi connectivity index (χ0v) is 50.1. The molecule has 0 spiro atoms. The molecule has 0 bridgehead atoms. The van der Waals surface area contributed by atoms with Gasteiger partial charge in [-0.25, -0.2) is 0 Å². The van der Waals surface area contributed by atoms with Gasteiger partial charge in [0.15, 0.2) is 6.10 Å². The van der Waals surface area contributed by atoms with Crippen molar-refractivity contribution in [2.24, 2.45) is 0 Å². The Balaban J connectivity index is 4.23. The number of allylic oxidation sites excluding steroid dienone is 4. The Morgan fingerprint density at radius 2 is 0.500 bits per heavy atom. The second-order valence-electron chi connectivity index (χ2n) is 22.7. The quantitative estimate of drug-likeness (QED) is 0.0261. The zero-order chi connectivity index (χ0) is 53.6. The Bertz CT molecular complexity index is 1190. The molecule has 0 aromatic heterocycles. The van der Waals surface area contributed by atoms with E-state index in [0.717, 1.165) is 77.0 Å². The minimum absolute atomic E-state index is 0.0695. The number of esters is 3. The van der Waals surface area contributed by atoms with Crippen LogP contribution in [0.15, 0.2) is 24.3 Å². The zero-order valence-electron chi connectivity index (χ0n) is 50.1. The fourth-order valence-electron chi connectivity index (χ4n) is 10.2. The second-order valence-corrected chi connectivity index (χ2v) is 22.7. The highest BCUT2D eigenvalue weighted by molar-refractivity contribution is 5.71. The fraction of sp³-hybridized carbons (Fsp3) is 0.897. The number of carbonyl (C=O) groups is 3. The van der Waals surface area contributed by atoms with Crippen LogP contribution in [0.5, 0.6) is 0 Å². The molecule has 0 saturated carbocycles. The van der Waals surface area contributed by atoms with Gasteiger partial charge in [-0.15, -0.1) is 0 Å². The van der Waals surface area contributed by atoms with Crippen LogP contribution in [-0.4, -0.2) is 37.2 Å². The van der Waals surface area contributed by atoms with E-state index in [1.165, 1.54) is 257 Å². The molecule has 0 aromatic carbocycles. The van der Waals surface area contributed by atoms with Crippen LogP contribution < -0.4 is 0 Å². The summed E-state index contributed by atoms with van der Waals surface area (Å²) in [6.07, 6.45) is 76.3. The summed E-state index contributed by atoms with van der Waals surface area (Å²) in [7, 11) is 0. The minimum Gasteiger partial charge on any atom is -0.462 e. The van der Waals surface area contributed by atoms with Gasteiger partial charge >= 0.3 is 17.9 Å². The molecule has 0 aliphatic carbocycles. The van der Waals surface area contributed by atoms with Crippen molar-refractivity contribution in [3.05, 3.63) is 24.3 Å². The van der Waals surface area contributed by atoms with Crippen molar-refractivity contribution in [3.8, 4) is 0 Å². The van der Waals surface area contributed by atoms with E-state index >= 15 is 0 Å². The van der Waals surface area contributed by atoms with E-state index in [4.69, 9.17) is 14.2 Å². The lowest BCUT2D eigenvalue weighted by molar-refractivity contribution is -0.167. The van der Waals surface area contributed by atoms with Gasteiger partial charge in [-0.05, 0) is 44.9 Å². The van der Waals surface area contributed by atoms with Crippen LogP contribution in [-0.2, 0) is 28.6 Å². The van der Waals surface area contributed by atoms with Crippen molar-refractivity contribution in [1.29, 1.82) is 0 Å². The first-order chi connectivity index (χ1) is 36.5. The van der Waals surface area contributed by atoms with Gasteiger partial charge in [0.1, 0.15) is 13.2 Å². The SMILES string of the molecule is CCCC/C=C\C/C=C\CCCCCCCC(=O)OCC(COC(=O)CCCCCCCCCCCCCCCCCCCCCCCCCCC)OC(=O)CCCCCCCCCCCCCCCCCCC. The summed E-state index contributed by atoms with van der Waals surface area (Å²) in [4.78, 5) is 38.3. The molecule has 74 heavy (non-hydrogen) atoms. The van der Waals surface area contributed by atoms with Crippen LogP contribution in [0.1, 0.15) is 374 Å². The molecule has 0 rings (SSSR count). The van der Waals surface area contributed by atoms with Crippen LogP contribution in [0.25, 0.3) is 0 Å². The van der Waals surface area contributed by atoms with Crippen molar-refractivity contribution < 1.29 is 28.6 Å². The topological polar surface area (TPSA) is 78.9 Å². The maximum Gasteiger partial charge on any atom is 0.306 e. The number of rotatable bonds is 62. The van der Waals surface area contributed by atoms with Gasteiger partial charge in [-0.2, -0.15) is 0 Å². The summed E-state index contributed by atoms with van der Waals surface area (Å²) >= 11 is 0. The van der Waals surface area contributed by atoms with Crippen molar-refractivity contribution in [2.45, 2.75) is 380 Å². The van der Waals surface area contributed by atoms with Gasteiger partial charge in [0, 0.05) is 19.3 Å². The Morgan fingerprint density at radius 1 is 0.270 bits per heavy atom. The van der Waals surface area contributed by atoms with Crippen molar-refractivity contribution >= 4 is 17.9 Å². The average Bonchev–Trinajstić information content (AvgIpc) is 3.40. The molecule has 0 fully saturated rings. The van der Waals surface area contributed by atoms with E-state index < -0.39 is 6.10 Å². The minimum atomic E-state index is -0.773. The number of ether oxygens (including phenoxy) is 3. The predicted molar refractivity (Wildman–Crippen MR) is 321 cm³/mol. The molecule has 1 atom stereocenters. The average molecular weight is 1040 g/mol. The van der Waals surface area contributed by atoms with E-state index in [1.807, 2.05) is 0 Å². The molecule has 436 valence electrons. The molecule has 0 heterocycles. The highest BCUT2D eigenvalue weighted by atomic mass is 16.6. The molecular weight excluding hydrogens is 913 g/mol. The lowest BCUT2D eigenvalue weighted by Gasteiger charge is -2.18. The standard InChI is InChI=1S/C68H128O6/c1-4-7-10-13-16-19-22-25-28-30-31-32-33-34-35-36-37-39-40-43-46-49-52-55-58-61-67(70)73-64-65(63-72-66(69)60-57-54-51-48-45-42-27-24-21-18-15-12-9-6-3)74-68(71)62-59-56-53-50-47-44-41-38-29-26-23-20-17-14-11-8-5-2/h15,18,24,27,65H,4-14,16-17,19-23,25-26,28-64H2,1-3H3/b18-15-,27-24-. The number of hydrogen-bond acceptors (Lipinski definition) is 6. The summed E-state index contributed by atoms with van der Waals surface area (Å²) in [6.45, 7) is 6.66. The first kappa shape index (κ1) is 71.9. The Morgan fingerprint density at radius 3 is 0.784 bits per heavy atom. The Kier molecular flexibility index (Phi) is 61.6. The maximum absolute atomic E-state index is 12.9. The summed E-state index contributed by atoms with van der Waals surface area (Å²) in [5, 5.41) is 0. The van der Waals surface area contributed by atoms with E-state index in [2.05, 4.69) is 45.1 Å². The normalized spacial score (nSPS) is 12.1. The molecule has 1 unspecified atom stereocenters. The number of unbranched alkanes of at least 4 members (excludes halogenated alkanes) is 47. The largest absolute Gasteiger partial charge is 0.462 e. The summed E-state index contributed by atoms with van der Waals surface area (Å²) in [5.41, 5.74) is 0. The van der Waals surface area contributed by atoms with E-state index in [1.54, 1.807) is 0 Å². The molecule has 0 aliphatic rings. The molecule has 6 heteroatoms. The molecule has 0 radical (unpaired) electrons. The summed E-state index contributed by atoms with van der Waals surface area (Å²) in [6, 6.07) is 0. The summed E-state index contributed by atoms with van der Waals surface area (Å²) < 4.78 is 16.9. The van der Waals surface area contributed by atoms with Crippen LogP contribution in [0.2, 0.25) is 0 Å². The molecule has 0 aromatic rings.